The number of hydrogen-bond acceptors (Lipinski definition) is 7. The van der Waals surface area contributed by atoms with Crippen LogP contribution in [0.3, 0.4) is 0 Å². The zero-order chi connectivity index (χ0) is 28.2. The molecule has 1 aliphatic carbocycles. The average Bonchev–Trinajstić information content (AvgIpc) is 3.46. The molecule has 2 saturated heterocycles. The molecule has 5 atom stereocenters. The smallest absolute Gasteiger partial charge is 0.319 e. The molecule has 3 fully saturated rings. The first-order valence-electron chi connectivity index (χ1n) is 14.9. The second kappa shape index (κ2) is 12.4. The van der Waals surface area contributed by atoms with Gasteiger partial charge in [-0.25, -0.2) is 9.78 Å². The summed E-state index contributed by atoms with van der Waals surface area (Å²) in [5, 5.41) is 9.69. The van der Waals surface area contributed by atoms with E-state index < -0.39 is 0 Å². The molecule has 41 heavy (non-hydrogen) atoms. The highest BCUT2D eigenvalue weighted by Gasteiger charge is 2.48. The predicted octanol–water partition coefficient (Wildman–Crippen LogP) is 4.14. The first-order chi connectivity index (χ1) is 20.1. The Morgan fingerprint density at radius 1 is 1.10 bits per heavy atom. The van der Waals surface area contributed by atoms with Crippen LogP contribution in [0.15, 0.2) is 55.4 Å². The van der Waals surface area contributed by atoms with Crippen LogP contribution < -0.4 is 20.9 Å². The number of fused-ring (bicyclic) bond motifs is 3. The van der Waals surface area contributed by atoms with Crippen molar-refractivity contribution in [3.05, 3.63) is 61.0 Å². The van der Waals surface area contributed by atoms with Crippen LogP contribution in [0, 0.1) is 11.8 Å². The number of amides is 3. The minimum absolute atomic E-state index is 0.00850. The second-order valence-electron chi connectivity index (χ2n) is 11.4. The molecule has 0 bridgehead atoms. The molecule has 10 heteroatoms. The number of benzene rings is 1. The van der Waals surface area contributed by atoms with Crippen molar-refractivity contribution in [2.45, 2.75) is 50.2 Å². The van der Waals surface area contributed by atoms with E-state index in [1.807, 2.05) is 24.3 Å². The number of urea groups is 1. The molecule has 6 rings (SSSR count). The van der Waals surface area contributed by atoms with Crippen molar-refractivity contribution in [2.24, 2.45) is 11.8 Å². The standard InChI is InChI=1S/C31H40N6O4/c1-2-40-20-27-23-13-14-37(29(23)22-7-3-5-9-25(22)34-27)30(38)24-8-4-6-10-26(24)35-31(39)33-21-11-12-28(32-19-21)36-15-17-41-18-16-36/h2-3,5,7,9,11-12,19,23-24,26-27,29,34H,1,4,6,8,10,13-18,20H2,(H2,33,35,39)/t23-,24+,26-,27+,29+/m1/s1. The SMILES string of the molecule is C=COC[C@@H]1Nc2ccccc2[C@H]2[C@@H]1CCN2C(=O)[C@H]1CCCC[C@H]1NC(=O)Nc1ccc(N2CCOCC2)nc1. The van der Waals surface area contributed by atoms with Crippen LogP contribution in [0.5, 0.6) is 0 Å². The lowest BCUT2D eigenvalue weighted by Crippen LogP contribution is -2.51. The van der Waals surface area contributed by atoms with Gasteiger partial charge in [-0.05, 0) is 43.0 Å². The van der Waals surface area contributed by atoms with Crippen molar-refractivity contribution < 1.29 is 19.1 Å². The molecule has 3 aliphatic heterocycles. The maximum atomic E-state index is 14.2. The third-order valence-electron chi connectivity index (χ3n) is 9.00. The predicted molar refractivity (Wildman–Crippen MR) is 158 cm³/mol. The largest absolute Gasteiger partial charge is 0.500 e. The first kappa shape index (κ1) is 27.4. The fourth-order valence-corrected chi connectivity index (χ4v) is 7.00. The highest BCUT2D eigenvalue weighted by atomic mass is 16.5. The number of aromatic nitrogens is 1. The van der Waals surface area contributed by atoms with Gasteiger partial charge in [0.25, 0.3) is 0 Å². The summed E-state index contributed by atoms with van der Waals surface area (Å²) in [4.78, 5) is 36.0. The third kappa shape index (κ3) is 5.84. The van der Waals surface area contributed by atoms with Crippen molar-refractivity contribution in [3.8, 4) is 0 Å². The molecule has 10 nitrogen and oxygen atoms in total. The van der Waals surface area contributed by atoms with Crippen LogP contribution in [-0.4, -0.2) is 73.4 Å². The Hall–Kier alpha value is -3.79. The second-order valence-corrected chi connectivity index (χ2v) is 11.4. The van der Waals surface area contributed by atoms with Crippen molar-refractivity contribution in [1.82, 2.24) is 15.2 Å². The van der Waals surface area contributed by atoms with Gasteiger partial charge < -0.3 is 35.2 Å². The zero-order valence-corrected chi connectivity index (χ0v) is 23.5. The lowest BCUT2D eigenvalue weighted by molar-refractivity contribution is -0.138. The van der Waals surface area contributed by atoms with Crippen LogP contribution in [0.2, 0.25) is 0 Å². The monoisotopic (exact) mass is 560 g/mol. The van der Waals surface area contributed by atoms with E-state index in [0.717, 1.165) is 62.3 Å². The molecular weight excluding hydrogens is 520 g/mol. The minimum Gasteiger partial charge on any atom is -0.500 e. The van der Waals surface area contributed by atoms with Crippen LogP contribution in [0.25, 0.3) is 0 Å². The number of carbonyl (C=O) groups is 2. The lowest BCUT2D eigenvalue weighted by Gasteiger charge is -2.41. The van der Waals surface area contributed by atoms with E-state index in [1.54, 1.807) is 6.20 Å². The summed E-state index contributed by atoms with van der Waals surface area (Å²) in [6.07, 6.45) is 7.60. The Morgan fingerprint density at radius 3 is 2.73 bits per heavy atom. The molecule has 0 spiro atoms. The molecule has 218 valence electrons. The number of pyridine rings is 1. The van der Waals surface area contributed by atoms with Gasteiger partial charge in [-0.2, -0.15) is 0 Å². The number of carbonyl (C=O) groups excluding carboxylic acids is 2. The average molecular weight is 561 g/mol. The highest BCUT2D eigenvalue weighted by Crippen LogP contribution is 2.47. The lowest BCUT2D eigenvalue weighted by atomic mass is 9.81. The maximum absolute atomic E-state index is 14.2. The van der Waals surface area contributed by atoms with E-state index >= 15 is 0 Å². The topological polar surface area (TPSA) is 108 Å². The molecule has 1 aromatic carbocycles. The molecule has 3 N–H and O–H groups in total. The fraction of sp³-hybridized carbons (Fsp3) is 0.516. The summed E-state index contributed by atoms with van der Waals surface area (Å²) in [5.74, 6) is 1.01. The van der Waals surface area contributed by atoms with E-state index in [0.29, 0.717) is 32.1 Å². The molecule has 2 aromatic rings. The third-order valence-corrected chi connectivity index (χ3v) is 9.00. The minimum atomic E-state index is -0.302. The van der Waals surface area contributed by atoms with Gasteiger partial charge in [0, 0.05) is 37.3 Å². The van der Waals surface area contributed by atoms with E-state index in [-0.39, 0.29) is 41.9 Å². The van der Waals surface area contributed by atoms with Crippen molar-refractivity contribution >= 4 is 29.1 Å². The summed E-state index contributed by atoms with van der Waals surface area (Å²) >= 11 is 0. The van der Waals surface area contributed by atoms with Crippen molar-refractivity contribution in [1.29, 1.82) is 0 Å². The Balaban J connectivity index is 1.13. The number of anilines is 3. The normalized spacial score (nSPS) is 27.2. The van der Waals surface area contributed by atoms with E-state index in [4.69, 9.17) is 9.47 Å². The molecular formula is C31H40N6O4. The Morgan fingerprint density at radius 2 is 1.93 bits per heavy atom. The molecule has 3 amide bonds. The van der Waals surface area contributed by atoms with Crippen molar-refractivity contribution in [2.75, 3.05) is 55.0 Å². The highest BCUT2D eigenvalue weighted by molar-refractivity contribution is 5.90. The quantitative estimate of drug-likeness (QED) is 0.437. The van der Waals surface area contributed by atoms with Gasteiger partial charge >= 0.3 is 6.03 Å². The summed E-state index contributed by atoms with van der Waals surface area (Å²) in [5.41, 5.74) is 2.83. The maximum Gasteiger partial charge on any atom is 0.319 e. The fourth-order valence-electron chi connectivity index (χ4n) is 7.00. The number of nitrogens with one attached hydrogen (secondary N) is 3. The Kier molecular flexibility index (Phi) is 8.27. The Bertz CT molecular complexity index is 1230. The molecule has 1 saturated carbocycles. The van der Waals surface area contributed by atoms with Crippen LogP contribution in [-0.2, 0) is 14.3 Å². The van der Waals surface area contributed by atoms with Crippen LogP contribution in [0.1, 0.15) is 43.7 Å². The first-order valence-corrected chi connectivity index (χ1v) is 14.9. The number of likely N-dealkylation sites (tertiary alicyclic amines) is 1. The zero-order valence-electron chi connectivity index (χ0n) is 23.5. The van der Waals surface area contributed by atoms with Crippen molar-refractivity contribution in [3.63, 3.8) is 0 Å². The van der Waals surface area contributed by atoms with E-state index in [1.165, 1.54) is 6.26 Å². The molecule has 4 heterocycles. The summed E-state index contributed by atoms with van der Waals surface area (Å²) in [6.45, 7) is 7.91. The number of morpholine rings is 1. The van der Waals surface area contributed by atoms with Crippen LogP contribution >= 0.6 is 0 Å². The Labute approximate surface area is 241 Å². The molecule has 0 radical (unpaired) electrons. The van der Waals surface area contributed by atoms with E-state index in [9.17, 15) is 9.59 Å². The summed E-state index contributed by atoms with van der Waals surface area (Å²) < 4.78 is 11.0. The van der Waals surface area contributed by atoms with Gasteiger partial charge in [-0.3, -0.25) is 4.79 Å². The number of rotatable bonds is 7. The van der Waals surface area contributed by atoms with Gasteiger partial charge in [0.05, 0.1) is 49.4 Å². The van der Waals surface area contributed by atoms with Gasteiger partial charge in [0.1, 0.15) is 12.4 Å². The number of para-hydroxylation sites is 1. The van der Waals surface area contributed by atoms with Gasteiger partial charge in [-0.15, -0.1) is 0 Å². The number of hydrogen-bond donors (Lipinski definition) is 3. The number of ether oxygens (including phenoxy) is 2. The van der Waals surface area contributed by atoms with E-state index in [2.05, 4.69) is 49.4 Å². The summed E-state index contributed by atoms with van der Waals surface area (Å²) in [7, 11) is 0. The number of nitrogens with zero attached hydrogens (tertiary/aromatic N) is 3. The van der Waals surface area contributed by atoms with Gasteiger partial charge in [-0.1, -0.05) is 37.6 Å². The van der Waals surface area contributed by atoms with Gasteiger partial charge in [0.2, 0.25) is 5.91 Å². The molecule has 4 aliphatic rings. The van der Waals surface area contributed by atoms with Gasteiger partial charge in [0.15, 0.2) is 0 Å². The molecule has 0 unspecified atom stereocenters. The molecule has 1 aromatic heterocycles. The summed E-state index contributed by atoms with van der Waals surface area (Å²) in [6, 6.07) is 11.6. The van der Waals surface area contributed by atoms with Crippen LogP contribution in [0.4, 0.5) is 22.0 Å².